The van der Waals surface area contributed by atoms with Crippen LogP contribution in [0.25, 0.3) is 0 Å². The summed E-state index contributed by atoms with van der Waals surface area (Å²) in [6, 6.07) is 0. The zero-order valence-corrected chi connectivity index (χ0v) is 11.6. The van der Waals surface area contributed by atoms with Crippen molar-refractivity contribution >= 4 is 15.5 Å². The molecule has 0 bridgehead atoms. The maximum absolute atomic E-state index is 10.1. The van der Waals surface area contributed by atoms with Gasteiger partial charge in [-0.2, -0.15) is 0 Å². The second-order valence-electron chi connectivity index (χ2n) is 2.84. The van der Waals surface area contributed by atoms with Crippen molar-refractivity contribution in [2.24, 2.45) is 0 Å². The summed E-state index contributed by atoms with van der Waals surface area (Å²) in [4.78, 5) is 10.1. The molecule has 0 aliphatic carbocycles. The standard InChI is InChI=1S/C7H12O2.C3H9O3Si/c1-3-4-5-6(2)7(8)9;1-4-7(5-2)6-3/h5H,3-4H2,1-2H3,(H,8,9);1-3H3. The van der Waals surface area contributed by atoms with Crippen LogP contribution in [-0.2, 0) is 18.1 Å². The summed E-state index contributed by atoms with van der Waals surface area (Å²) in [6.45, 7) is 3.63. The van der Waals surface area contributed by atoms with Crippen molar-refractivity contribution in [1.29, 1.82) is 0 Å². The van der Waals surface area contributed by atoms with Gasteiger partial charge in [0.2, 0.25) is 0 Å². The van der Waals surface area contributed by atoms with Gasteiger partial charge in [-0.05, 0) is 13.3 Å². The third kappa shape index (κ3) is 11.4. The van der Waals surface area contributed by atoms with Gasteiger partial charge >= 0.3 is 15.5 Å². The molecular weight excluding hydrogens is 228 g/mol. The second kappa shape index (κ2) is 12.4. The first kappa shape index (κ1) is 17.7. The van der Waals surface area contributed by atoms with Crippen LogP contribution >= 0.6 is 0 Å². The average molecular weight is 249 g/mol. The Labute approximate surface area is 99.0 Å². The van der Waals surface area contributed by atoms with Gasteiger partial charge in [0.25, 0.3) is 0 Å². The minimum Gasteiger partial charge on any atom is -0.478 e. The zero-order chi connectivity index (χ0) is 13.0. The van der Waals surface area contributed by atoms with Crippen LogP contribution in [0.3, 0.4) is 0 Å². The number of hydrogen-bond acceptors (Lipinski definition) is 4. The summed E-state index contributed by atoms with van der Waals surface area (Å²) < 4.78 is 14.1. The van der Waals surface area contributed by atoms with Gasteiger partial charge < -0.3 is 18.4 Å². The molecule has 0 saturated carbocycles. The lowest BCUT2D eigenvalue weighted by molar-refractivity contribution is -0.132. The Balaban J connectivity index is 0. The van der Waals surface area contributed by atoms with E-state index in [0.29, 0.717) is 5.57 Å². The van der Waals surface area contributed by atoms with Crippen molar-refractivity contribution < 1.29 is 23.2 Å². The largest absolute Gasteiger partial charge is 0.576 e. The van der Waals surface area contributed by atoms with Crippen LogP contribution in [0.5, 0.6) is 0 Å². The third-order valence-electron chi connectivity index (χ3n) is 1.58. The van der Waals surface area contributed by atoms with E-state index in [4.69, 9.17) is 18.4 Å². The predicted molar refractivity (Wildman–Crippen MR) is 63.1 cm³/mol. The molecule has 0 heterocycles. The first-order chi connectivity index (χ1) is 7.53. The Kier molecular flexibility index (Phi) is 13.7. The van der Waals surface area contributed by atoms with E-state index in [-0.39, 0.29) is 0 Å². The van der Waals surface area contributed by atoms with E-state index >= 15 is 0 Å². The maximum Gasteiger partial charge on any atom is 0.576 e. The second-order valence-corrected chi connectivity index (χ2v) is 4.57. The van der Waals surface area contributed by atoms with E-state index in [1.165, 1.54) is 0 Å². The van der Waals surface area contributed by atoms with Crippen molar-refractivity contribution in [2.75, 3.05) is 21.3 Å². The van der Waals surface area contributed by atoms with E-state index in [9.17, 15) is 4.79 Å². The minimum atomic E-state index is -1.36. The van der Waals surface area contributed by atoms with E-state index in [0.717, 1.165) is 12.8 Å². The molecule has 0 fully saturated rings. The number of carbonyl (C=O) groups is 1. The molecule has 0 atom stereocenters. The highest BCUT2D eigenvalue weighted by atomic mass is 28.3. The summed E-state index contributed by atoms with van der Waals surface area (Å²) in [5.41, 5.74) is 0.442. The molecule has 0 unspecified atom stereocenters. The normalized spacial score (nSPS) is 11.0. The highest BCUT2D eigenvalue weighted by Crippen LogP contribution is 1.96. The van der Waals surface area contributed by atoms with Gasteiger partial charge in [-0.1, -0.05) is 19.4 Å². The van der Waals surface area contributed by atoms with Crippen LogP contribution in [0.1, 0.15) is 26.7 Å². The van der Waals surface area contributed by atoms with Crippen molar-refractivity contribution in [3.8, 4) is 0 Å². The molecule has 16 heavy (non-hydrogen) atoms. The van der Waals surface area contributed by atoms with Crippen molar-refractivity contribution in [2.45, 2.75) is 26.7 Å². The van der Waals surface area contributed by atoms with Gasteiger partial charge in [-0.15, -0.1) is 0 Å². The quantitative estimate of drug-likeness (QED) is 0.573. The molecular formula is C10H21O5Si. The summed E-state index contributed by atoms with van der Waals surface area (Å²) >= 11 is 0. The number of carboxylic acids is 1. The first-order valence-corrected chi connectivity index (χ1v) is 6.14. The van der Waals surface area contributed by atoms with Crippen LogP contribution in [0, 0.1) is 0 Å². The van der Waals surface area contributed by atoms with Crippen molar-refractivity contribution in [3.05, 3.63) is 11.6 Å². The Bertz CT molecular complexity index is 196. The highest BCUT2D eigenvalue weighted by Gasteiger charge is 2.09. The molecule has 1 N–H and O–H groups in total. The topological polar surface area (TPSA) is 65.0 Å². The van der Waals surface area contributed by atoms with Gasteiger partial charge in [0, 0.05) is 26.9 Å². The molecule has 0 rings (SSSR count). The summed E-state index contributed by atoms with van der Waals surface area (Å²) in [5, 5.41) is 8.34. The smallest absolute Gasteiger partial charge is 0.478 e. The Morgan fingerprint density at radius 1 is 1.25 bits per heavy atom. The van der Waals surface area contributed by atoms with Gasteiger partial charge in [0.15, 0.2) is 0 Å². The van der Waals surface area contributed by atoms with Gasteiger partial charge in [0.05, 0.1) is 0 Å². The number of rotatable bonds is 6. The van der Waals surface area contributed by atoms with Crippen LogP contribution in [0.2, 0.25) is 0 Å². The number of unbranched alkanes of at least 4 members (excludes halogenated alkanes) is 1. The first-order valence-electron chi connectivity index (χ1n) is 4.92. The Hall–Kier alpha value is -0.693. The Morgan fingerprint density at radius 2 is 1.69 bits per heavy atom. The number of allylic oxidation sites excluding steroid dienone is 1. The lowest BCUT2D eigenvalue weighted by Crippen LogP contribution is -2.21. The van der Waals surface area contributed by atoms with Crippen molar-refractivity contribution in [3.63, 3.8) is 0 Å². The third-order valence-corrected chi connectivity index (χ3v) is 2.58. The fourth-order valence-electron chi connectivity index (χ4n) is 0.698. The summed E-state index contributed by atoms with van der Waals surface area (Å²) in [7, 11) is 3.31. The molecule has 0 aliphatic heterocycles. The van der Waals surface area contributed by atoms with Gasteiger partial charge in [-0.25, -0.2) is 4.79 Å². The molecule has 5 nitrogen and oxygen atoms in total. The van der Waals surface area contributed by atoms with E-state index < -0.39 is 15.5 Å². The maximum atomic E-state index is 10.1. The average Bonchev–Trinajstić information content (AvgIpc) is 2.29. The lowest BCUT2D eigenvalue weighted by atomic mass is 10.2. The molecule has 0 saturated heterocycles. The van der Waals surface area contributed by atoms with Gasteiger partial charge in [0.1, 0.15) is 0 Å². The number of carboxylic acid groups (broad SMARTS) is 1. The lowest BCUT2D eigenvalue weighted by Gasteiger charge is -2.02. The SMILES string of the molecule is CCCC=C(C)C(=O)O.CO[Si](OC)OC. The van der Waals surface area contributed by atoms with Crippen LogP contribution in [0.4, 0.5) is 0 Å². The van der Waals surface area contributed by atoms with Crippen molar-refractivity contribution in [1.82, 2.24) is 0 Å². The fraction of sp³-hybridized carbons (Fsp3) is 0.700. The molecule has 95 valence electrons. The molecule has 0 aromatic rings. The molecule has 0 amide bonds. The highest BCUT2D eigenvalue weighted by molar-refractivity contribution is 6.36. The molecule has 0 aromatic heterocycles. The monoisotopic (exact) mass is 249 g/mol. The fourth-order valence-corrected chi connectivity index (χ4v) is 1.20. The number of hydrogen-bond donors (Lipinski definition) is 1. The predicted octanol–water partition coefficient (Wildman–Crippen LogP) is 1.73. The van der Waals surface area contributed by atoms with E-state index in [2.05, 4.69) is 0 Å². The van der Waals surface area contributed by atoms with Gasteiger partial charge in [-0.3, -0.25) is 0 Å². The van der Waals surface area contributed by atoms with E-state index in [1.807, 2.05) is 6.92 Å². The van der Waals surface area contributed by atoms with E-state index in [1.54, 1.807) is 34.3 Å². The summed E-state index contributed by atoms with van der Waals surface area (Å²) in [6.07, 6.45) is 3.60. The zero-order valence-electron chi connectivity index (χ0n) is 10.6. The van der Waals surface area contributed by atoms with Crippen LogP contribution in [0.15, 0.2) is 11.6 Å². The molecule has 1 radical (unpaired) electrons. The molecule has 0 aromatic carbocycles. The molecule has 6 heteroatoms. The Morgan fingerprint density at radius 3 is 1.88 bits per heavy atom. The summed E-state index contributed by atoms with van der Waals surface area (Å²) in [5.74, 6) is -0.816. The minimum absolute atomic E-state index is 0.442. The van der Waals surface area contributed by atoms with Crippen LogP contribution in [-0.4, -0.2) is 41.9 Å². The van der Waals surface area contributed by atoms with Crippen LogP contribution < -0.4 is 0 Å². The molecule has 0 aliphatic rings. The number of aliphatic carboxylic acids is 1. The molecule has 0 spiro atoms.